The smallest absolute Gasteiger partial charge is 0.326 e. The van der Waals surface area contributed by atoms with Gasteiger partial charge in [-0.2, -0.15) is 4.39 Å². The van der Waals surface area contributed by atoms with E-state index in [0.717, 1.165) is 17.4 Å². The second-order valence-electron chi connectivity index (χ2n) is 3.96. The number of carbonyl (C=O) groups excluding carboxylic acids is 1. The van der Waals surface area contributed by atoms with Gasteiger partial charge < -0.3 is 4.74 Å². The van der Waals surface area contributed by atoms with E-state index in [1.165, 1.54) is 6.33 Å². The van der Waals surface area contributed by atoms with E-state index < -0.39 is 17.3 Å². The average molecular weight is 240 g/mol. The van der Waals surface area contributed by atoms with Crippen molar-refractivity contribution in [1.29, 1.82) is 0 Å². The molecule has 2 rings (SSSR count). The van der Waals surface area contributed by atoms with Gasteiger partial charge in [0.15, 0.2) is 0 Å². The number of hydrogen-bond acceptors (Lipinski definition) is 4. The van der Waals surface area contributed by atoms with E-state index in [0.29, 0.717) is 0 Å². The first-order chi connectivity index (χ1) is 8.13. The van der Waals surface area contributed by atoms with E-state index in [2.05, 4.69) is 9.72 Å². The van der Waals surface area contributed by atoms with Crippen molar-refractivity contribution in [2.75, 3.05) is 6.61 Å². The van der Waals surface area contributed by atoms with Crippen LogP contribution in [0.2, 0.25) is 0 Å². The van der Waals surface area contributed by atoms with Gasteiger partial charge in [-0.1, -0.05) is 0 Å². The maximum atomic E-state index is 13.6. The van der Waals surface area contributed by atoms with Crippen molar-refractivity contribution in [1.82, 2.24) is 9.55 Å². The molecule has 0 saturated heterocycles. The van der Waals surface area contributed by atoms with Crippen LogP contribution in [0.15, 0.2) is 11.1 Å². The summed E-state index contributed by atoms with van der Waals surface area (Å²) < 4.78 is 19.3. The Balaban J connectivity index is 2.21. The minimum Gasteiger partial charge on any atom is -0.465 e. The molecule has 92 valence electrons. The summed E-state index contributed by atoms with van der Waals surface area (Å²) in [5, 5.41) is 0. The second-order valence-corrected chi connectivity index (χ2v) is 3.96. The van der Waals surface area contributed by atoms with Crippen molar-refractivity contribution in [3.05, 3.63) is 28.2 Å². The predicted octanol–water partition coefficient (Wildman–Crippen LogP) is 0.823. The lowest BCUT2D eigenvalue weighted by Crippen LogP contribution is -2.29. The molecule has 0 radical (unpaired) electrons. The maximum Gasteiger partial charge on any atom is 0.326 e. The molecule has 0 spiro atoms. The summed E-state index contributed by atoms with van der Waals surface area (Å²) in [4.78, 5) is 26.7. The molecule has 1 aromatic heterocycles. The zero-order valence-corrected chi connectivity index (χ0v) is 9.48. The summed E-state index contributed by atoms with van der Waals surface area (Å²) in [6.07, 6.45) is 2.94. The molecule has 1 aromatic rings. The molecule has 0 aliphatic heterocycles. The molecule has 5 nitrogen and oxygen atoms in total. The molecule has 1 fully saturated rings. The van der Waals surface area contributed by atoms with E-state index in [1.807, 2.05) is 0 Å². The first kappa shape index (κ1) is 11.8. The van der Waals surface area contributed by atoms with Crippen molar-refractivity contribution in [3.8, 4) is 0 Å². The van der Waals surface area contributed by atoms with Crippen molar-refractivity contribution in [3.63, 3.8) is 0 Å². The molecule has 6 heteroatoms. The maximum absolute atomic E-state index is 13.6. The second kappa shape index (κ2) is 4.65. The monoisotopic (exact) mass is 240 g/mol. The standard InChI is InChI=1S/C11H13FN2O3/c1-2-17-8(15)5-14-6-13-10(7-3-4-7)9(12)11(14)16/h6-7H,2-5H2,1H3. The first-order valence-corrected chi connectivity index (χ1v) is 5.54. The fourth-order valence-electron chi connectivity index (χ4n) is 1.58. The van der Waals surface area contributed by atoms with Crippen molar-refractivity contribution in [2.45, 2.75) is 32.2 Å². The van der Waals surface area contributed by atoms with Crippen LogP contribution in [0.3, 0.4) is 0 Å². The number of carbonyl (C=O) groups is 1. The Hall–Kier alpha value is -1.72. The quantitative estimate of drug-likeness (QED) is 0.731. The number of esters is 1. The topological polar surface area (TPSA) is 61.2 Å². The predicted molar refractivity (Wildman–Crippen MR) is 57.1 cm³/mol. The molecule has 1 aliphatic carbocycles. The number of rotatable bonds is 4. The van der Waals surface area contributed by atoms with Gasteiger partial charge >= 0.3 is 5.97 Å². The van der Waals surface area contributed by atoms with Gasteiger partial charge in [0.1, 0.15) is 6.54 Å². The normalized spacial score (nSPS) is 14.7. The van der Waals surface area contributed by atoms with Gasteiger partial charge in [0, 0.05) is 5.92 Å². The summed E-state index contributed by atoms with van der Waals surface area (Å²) in [5.41, 5.74) is -0.593. The van der Waals surface area contributed by atoms with Crippen LogP contribution < -0.4 is 5.56 Å². The fraction of sp³-hybridized carbons (Fsp3) is 0.545. The zero-order chi connectivity index (χ0) is 12.4. The van der Waals surface area contributed by atoms with Crippen LogP contribution >= 0.6 is 0 Å². The highest BCUT2D eigenvalue weighted by Crippen LogP contribution is 2.39. The van der Waals surface area contributed by atoms with Gasteiger partial charge in [0.25, 0.3) is 5.56 Å². The molecule has 1 saturated carbocycles. The molecular weight excluding hydrogens is 227 g/mol. The van der Waals surface area contributed by atoms with Gasteiger partial charge in [-0.3, -0.25) is 14.2 Å². The lowest BCUT2D eigenvalue weighted by atomic mass is 10.3. The van der Waals surface area contributed by atoms with Crippen molar-refractivity contribution < 1.29 is 13.9 Å². The third-order valence-electron chi connectivity index (χ3n) is 2.58. The van der Waals surface area contributed by atoms with Crippen LogP contribution in [0.5, 0.6) is 0 Å². The SMILES string of the molecule is CCOC(=O)Cn1cnc(C2CC2)c(F)c1=O. The van der Waals surface area contributed by atoms with E-state index in [1.54, 1.807) is 6.92 Å². The van der Waals surface area contributed by atoms with Gasteiger partial charge in [-0.25, -0.2) is 4.98 Å². The van der Waals surface area contributed by atoms with Gasteiger partial charge in [0.2, 0.25) is 5.82 Å². The molecular formula is C11H13FN2O3. The Kier molecular flexibility index (Phi) is 3.21. The first-order valence-electron chi connectivity index (χ1n) is 5.54. The van der Waals surface area contributed by atoms with E-state index in [-0.39, 0.29) is 24.8 Å². The molecule has 17 heavy (non-hydrogen) atoms. The largest absolute Gasteiger partial charge is 0.465 e. The average Bonchev–Trinajstić information content (AvgIpc) is 3.09. The van der Waals surface area contributed by atoms with Crippen molar-refractivity contribution in [2.24, 2.45) is 0 Å². The Morgan fingerprint density at radius 3 is 2.94 bits per heavy atom. The Morgan fingerprint density at radius 1 is 1.65 bits per heavy atom. The highest BCUT2D eigenvalue weighted by atomic mass is 19.1. The van der Waals surface area contributed by atoms with Gasteiger partial charge in [-0.15, -0.1) is 0 Å². The molecule has 1 heterocycles. The summed E-state index contributed by atoms with van der Waals surface area (Å²) >= 11 is 0. The highest BCUT2D eigenvalue weighted by molar-refractivity contribution is 5.69. The summed E-state index contributed by atoms with van der Waals surface area (Å²) in [6.45, 7) is 1.58. The number of ether oxygens (including phenoxy) is 1. The van der Waals surface area contributed by atoms with Gasteiger partial charge in [0.05, 0.1) is 18.6 Å². The molecule has 0 aromatic carbocycles. The minimum atomic E-state index is -0.848. The third kappa shape index (κ3) is 2.51. The van der Waals surface area contributed by atoms with E-state index in [4.69, 9.17) is 0 Å². The third-order valence-corrected chi connectivity index (χ3v) is 2.58. The highest BCUT2D eigenvalue weighted by Gasteiger charge is 2.29. The molecule has 0 amide bonds. The van der Waals surface area contributed by atoms with Crippen LogP contribution in [0, 0.1) is 5.82 Å². The van der Waals surface area contributed by atoms with Crippen LogP contribution in [0.1, 0.15) is 31.4 Å². The van der Waals surface area contributed by atoms with E-state index in [9.17, 15) is 14.0 Å². The number of nitrogens with zero attached hydrogens (tertiary/aromatic N) is 2. The number of hydrogen-bond donors (Lipinski definition) is 0. The van der Waals surface area contributed by atoms with E-state index >= 15 is 0 Å². The Morgan fingerprint density at radius 2 is 2.35 bits per heavy atom. The minimum absolute atomic E-state index is 0.0694. The van der Waals surface area contributed by atoms with Crippen LogP contribution in [0.4, 0.5) is 4.39 Å². The van der Waals surface area contributed by atoms with Crippen LogP contribution in [-0.2, 0) is 16.1 Å². The summed E-state index contributed by atoms with van der Waals surface area (Å²) in [5.74, 6) is -1.35. The van der Waals surface area contributed by atoms with Crippen LogP contribution in [0.25, 0.3) is 0 Å². The number of aromatic nitrogens is 2. The lowest BCUT2D eigenvalue weighted by molar-refractivity contribution is -0.143. The summed E-state index contributed by atoms with van der Waals surface area (Å²) in [6, 6.07) is 0. The number of halogens is 1. The Bertz CT molecular complexity index is 494. The molecule has 0 bridgehead atoms. The zero-order valence-electron chi connectivity index (χ0n) is 9.48. The van der Waals surface area contributed by atoms with Gasteiger partial charge in [-0.05, 0) is 19.8 Å². The molecule has 0 atom stereocenters. The Labute approximate surface area is 97.2 Å². The van der Waals surface area contributed by atoms with Crippen LogP contribution in [-0.4, -0.2) is 22.1 Å². The molecule has 0 unspecified atom stereocenters. The summed E-state index contributed by atoms with van der Waals surface area (Å²) in [7, 11) is 0. The lowest BCUT2D eigenvalue weighted by Gasteiger charge is -2.06. The fourth-order valence-corrected chi connectivity index (χ4v) is 1.58. The molecule has 1 aliphatic rings. The molecule has 0 N–H and O–H groups in total. The van der Waals surface area contributed by atoms with Crippen molar-refractivity contribution >= 4 is 5.97 Å².